The lowest BCUT2D eigenvalue weighted by Gasteiger charge is -2.12. The number of amides is 1. The molecule has 6 nitrogen and oxygen atoms in total. The number of H-pyrrole nitrogens is 1. The highest BCUT2D eigenvalue weighted by atomic mass is 16.1. The number of carbonyl (C=O) groups excluding carboxylic acids is 1. The summed E-state index contributed by atoms with van der Waals surface area (Å²) in [5.41, 5.74) is 13.4. The van der Waals surface area contributed by atoms with E-state index in [1.807, 2.05) is 30.1 Å². The minimum Gasteiger partial charge on any atom is -0.399 e. The van der Waals surface area contributed by atoms with Crippen LogP contribution >= 0.6 is 0 Å². The standard InChI is InChI=1S/C12H17N5O/c1-17(7-11(14)18)5-4-12-15-9-3-2-8(13)6-10(9)16-12/h2-3,6H,4-5,7,13H2,1H3,(H2,14,18)(H,15,16). The molecule has 2 rings (SSSR count). The molecule has 0 fully saturated rings. The number of imidazole rings is 1. The van der Waals surface area contributed by atoms with Crippen LogP contribution in [0.2, 0.25) is 0 Å². The summed E-state index contributed by atoms with van der Waals surface area (Å²) in [6.07, 6.45) is 0.734. The van der Waals surface area contributed by atoms with Gasteiger partial charge in [-0.15, -0.1) is 0 Å². The number of aromatic amines is 1. The Morgan fingerprint density at radius 1 is 1.50 bits per heavy atom. The van der Waals surface area contributed by atoms with Crippen molar-refractivity contribution in [2.75, 3.05) is 25.9 Å². The van der Waals surface area contributed by atoms with Crippen LogP contribution in [0.15, 0.2) is 18.2 Å². The number of hydrogen-bond acceptors (Lipinski definition) is 4. The molecule has 96 valence electrons. The Labute approximate surface area is 105 Å². The van der Waals surface area contributed by atoms with Crippen LogP contribution in [0, 0.1) is 0 Å². The smallest absolute Gasteiger partial charge is 0.231 e. The Hall–Kier alpha value is -2.08. The third-order valence-corrected chi connectivity index (χ3v) is 2.71. The molecule has 1 heterocycles. The van der Waals surface area contributed by atoms with Crippen molar-refractivity contribution in [1.29, 1.82) is 0 Å². The lowest BCUT2D eigenvalue weighted by atomic mass is 10.3. The Balaban J connectivity index is 2.01. The largest absolute Gasteiger partial charge is 0.399 e. The molecule has 1 amide bonds. The topological polar surface area (TPSA) is 101 Å². The lowest BCUT2D eigenvalue weighted by molar-refractivity contribution is -0.118. The van der Waals surface area contributed by atoms with Crippen molar-refractivity contribution >= 4 is 22.6 Å². The van der Waals surface area contributed by atoms with Crippen molar-refractivity contribution in [3.8, 4) is 0 Å². The zero-order chi connectivity index (χ0) is 13.1. The first-order valence-electron chi connectivity index (χ1n) is 5.75. The third-order valence-electron chi connectivity index (χ3n) is 2.71. The number of nitrogens with zero attached hydrogens (tertiary/aromatic N) is 2. The van der Waals surface area contributed by atoms with E-state index in [2.05, 4.69) is 9.97 Å². The van der Waals surface area contributed by atoms with Gasteiger partial charge >= 0.3 is 0 Å². The summed E-state index contributed by atoms with van der Waals surface area (Å²) in [6.45, 7) is 0.978. The molecule has 0 aliphatic rings. The van der Waals surface area contributed by atoms with Crippen LogP contribution in [0.4, 0.5) is 5.69 Å². The summed E-state index contributed by atoms with van der Waals surface area (Å²) in [5, 5.41) is 0. The number of anilines is 1. The molecule has 18 heavy (non-hydrogen) atoms. The summed E-state index contributed by atoms with van der Waals surface area (Å²) in [6, 6.07) is 5.57. The van der Waals surface area contributed by atoms with Crippen LogP contribution in [0.3, 0.4) is 0 Å². The molecular weight excluding hydrogens is 230 g/mol. The molecule has 0 saturated heterocycles. The zero-order valence-electron chi connectivity index (χ0n) is 10.3. The van der Waals surface area contributed by atoms with Gasteiger partial charge in [0.25, 0.3) is 0 Å². The highest BCUT2D eigenvalue weighted by Gasteiger charge is 2.06. The van der Waals surface area contributed by atoms with E-state index in [4.69, 9.17) is 11.5 Å². The number of primary amides is 1. The highest BCUT2D eigenvalue weighted by Crippen LogP contribution is 2.15. The first-order valence-corrected chi connectivity index (χ1v) is 5.75. The van der Waals surface area contributed by atoms with E-state index in [1.165, 1.54) is 0 Å². The monoisotopic (exact) mass is 247 g/mol. The maximum atomic E-state index is 10.7. The van der Waals surface area contributed by atoms with E-state index in [9.17, 15) is 4.79 Å². The van der Waals surface area contributed by atoms with E-state index in [0.717, 1.165) is 29.8 Å². The van der Waals surface area contributed by atoms with Crippen molar-refractivity contribution in [2.45, 2.75) is 6.42 Å². The Morgan fingerprint density at radius 3 is 3.00 bits per heavy atom. The number of benzene rings is 1. The lowest BCUT2D eigenvalue weighted by Crippen LogP contribution is -2.32. The average molecular weight is 247 g/mol. The summed E-state index contributed by atoms with van der Waals surface area (Å²) in [5.74, 6) is 0.557. The van der Waals surface area contributed by atoms with E-state index >= 15 is 0 Å². The number of rotatable bonds is 5. The summed E-state index contributed by atoms with van der Waals surface area (Å²) in [4.78, 5) is 20.3. The summed E-state index contributed by atoms with van der Waals surface area (Å²) < 4.78 is 0. The first kappa shape index (κ1) is 12.4. The van der Waals surface area contributed by atoms with Gasteiger partial charge in [0.1, 0.15) is 5.82 Å². The minimum absolute atomic E-state index is 0.257. The van der Waals surface area contributed by atoms with Crippen molar-refractivity contribution in [3.63, 3.8) is 0 Å². The average Bonchev–Trinajstić information content (AvgIpc) is 2.67. The summed E-state index contributed by atoms with van der Waals surface area (Å²) >= 11 is 0. The predicted molar refractivity (Wildman–Crippen MR) is 70.9 cm³/mol. The van der Waals surface area contributed by atoms with Crippen LogP contribution in [0.1, 0.15) is 5.82 Å². The number of carbonyl (C=O) groups is 1. The molecule has 0 radical (unpaired) electrons. The Morgan fingerprint density at radius 2 is 2.28 bits per heavy atom. The quantitative estimate of drug-likeness (QED) is 0.652. The number of nitrogens with one attached hydrogen (secondary N) is 1. The third kappa shape index (κ3) is 2.98. The second-order valence-corrected chi connectivity index (χ2v) is 4.41. The molecule has 0 aliphatic heterocycles. The van der Waals surface area contributed by atoms with Gasteiger partial charge in [0, 0.05) is 18.7 Å². The molecule has 1 aromatic carbocycles. The van der Waals surface area contributed by atoms with Crippen LogP contribution in [0.25, 0.3) is 11.0 Å². The van der Waals surface area contributed by atoms with Crippen molar-refractivity contribution in [3.05, 3.63) is 24.0 Å². The molecule has 0 saturated carbocycles. The molecule has 0 aliphatic carbocycles. The van der Waals surface area contributed by atoms with Crippen LogP contribution in [0.5, 0.6) is 0 Å². The fraction of sp³-hybridized carbons (Fsp3) is 0.333. The second kappa shape index (κ2) is 5.05. The van der Waals surface area contributed by atoms with Crippen LogP contribution in [-0.4, -0.2) is 40.9 Å². The fourth-order valence-electron chi connectivity index (χ4n) is 1.84. The van der Waals surface area contributed by atoms with Gasteiger partial charge in [-0.05, 0) is 25.2 Å². The molecule has 0 unspecified atom stereocenters. The van der Waals surface area contributed by atoms with Gasteiger partial charge in [-0.25, -0.2) is 4.98 Å². The minimum atomic E-state index is -0.324. The van der Waals surface area contributed by atoms with E-state index in [0.29, 0.717) is 5.69 Å². The van der Waals surface area contributed by atoms with Crippen molar-refractivity contribution < 1.29 is 4.79 Å². The van der Waals surface area contributed by atoms with Crippen LogP contribution < -0.4 is 11.5 Å². The van der Waals surface area contributed by atoms with Crippen molar-refractivity contribution in [1.82, 2.24) is 14.9 Å². The fourth-order valence-corrected chi connectivity index (χ4v) is 1.84. The van der Waals surface area contributed by atoms with Gasteiger partial charge < -0.3 is 16.5 Å². The Bertz CT molecular complexity index is 563. The summed E-state index contributed by atoms with van der Waals surface area (Å²) in [7, 11) is 1.85. The Kier molecular flexibility index (Phi) is 3.47. The maximum Gasteiger partial charge on any atom is 0.231 e. The SMILES string of the molecule is CN(CCc1nc2ccc(N)cc2[nH]1)CC(N)=O. The molecule has 1 aromatic heterocycles. The number of likely N-dealkylation sites (N-methyl/N-ethyl adjacent to an activating group) is 1. The first-order chi connectivity index (χ1) is 8.54. The number of nitrogens with two attached hydrogens (primary N) is 2. The maximum absolute atomic E-state index is 10.7. The van der Waals surface area contributed by atoms with Gasteiger partial charge in [-0.1, -0.05) is 0 Å². The zero-order valence-corrected chi connectivity index (χ0v) is 10.3. The molecule has 6 heteroatoms. The van der Waals surface area contributed by atoms with Gasteiger partial charge in [0.2, 0.25) is 5.91 Å². The van der Waals surface area contributed by atoms with Gasteiger partial charge in [-0.3, -0.25) is 9.69 Å². The molecule has 0 atom stereocenters. The van der Waals surface area contributed by atoms with Crippen molar-refractivity contribution in [2.24, 2.45) is 5.73 Å². The van der Waals surface area contributed by atoms with E-state index in [-0.39, 0.29) is 12.5 Å². The highest BCUT2D eigenvalue weighted by molar-refractivity contribution is 5.78. The molecule has 0 spiro atoms. The molecule has 2 aromatic rings. The number of fused-ring (bicyclic) bond motifs is 1. The normalized spacial score (nSPS) is 11.2. The number of aromatic nitrogens is 2. The van der Waals surface area contributed by atoms with Crippen LogP contribution in [-0.2, 0) is 11.2 Å². The molecule has 0 bridgehead atoms. The number of nitrogen functional groups attached to an aromatic ring is 1. The second-order valence-electron chi connectivity index (χ2n) is 4.41. The predicted octanol–water partition coefficient (Wildman–Crippen LogP) is 0.105. The van der Waals surface area contributed by atoms with E-state index < -0.39 is 0 Å². The van der Waals surface area contributed by atoms with E-state index in [1.54, 1.807) is 0 Å². The number of hydrogen-bond donors (Lipinski definition) is 3. The van der Waals surface area contributed by atoms with Gasteiger partial charge in [0.05, 0.1) is 17.6 Å². The van der Waals surface area contributed by atoms with Gasteiger partial charge in [-0.2, -0.15) is 0 Å². The molecule has 5 N–H and O–H groups in total. The molecular formula is C12H17N5O. The van der Waals surface area contributed by atoms with Gasteiger partial charge in [0.15, 0.2) is 0 Å².